The number of nitrogens with zero attached hydrogens (tertiary/aromatic N) is 1. The highest BCUT2D eigenvalue weighted by Gasteiger charge is 2.45. The molecule has 2 heterocycles. The summed E-state index contributed by atoms with van der Waals surface area (Å²) in [5, 5.41) is 2.95. The van der Waals surface area contributed by atoms with Gasteiger partial charge in [0, 0.05) is 19.5 Å². The molecular weight excluding hydrogens is 220 g/mol. The van der Waals surface area contributed by atoms with Crippen LogP contribution in [-0.2, 0) is 9.53 Å². The Morgan fingerprint density at radius 3 is 2.29 bits per heavy atom. The van der Waals surface area contributed by atoms with Crippen LogP contribution in [0, 0.1) is 0 Å². The van der Waals surface area contributed by atoms with E-state index in [0.717, 1.165) is 12.8 Å². The van der Waals surface area contributed by atoms with Crippen LogP contribution in [0.2, 0.25) is 0 Å². The number of β-lactam (4-membered cyclic amide) rings is 1. The molecule has 2 saturated heterocycles. The first kappa shape index (κ1) is 12.2. The second-order valence-corrected chi connectivity index (χ2v) is 5.97. The van der Waals surface area contributed by atoms with Crippen molar-refractivity contribution in [2.75, 3.05) is 13.1 Å². The molecule has 1 spiro atoms. The van der Waals surface area contributed by atoms with Crippen LogP contribution in [0.5, 0.6) is 0 Å². The Morgan fingerprint density at radius 1 is 1.35 bits per heavy atom. The summed E-state index contributed by atoms with van der Waals surface area (Å²) in [5.74, 6) is 0.121. The summed E-state index contributed by atoms with van der Waals surface area (Å²) in [6.07, 6.45) is 2.02. The maximum absolute atomic E-state index is 11.8. The summed E-state index contributed by atoms with van der Waals surface area (Å²) in [6.45, 7) is 6.91. The van der Waals surface area contributed by atoms with Crippen LogP contribution in [0.4, 0.5) is 4.79 Å². The van der Waals surface area contributed by atoms with Crippen molar-refractivity contribution in [2.45, 2.75) is 51.2 Å². The minimum Gasteiger partial charge on any atom is -0.444 e. The number of ether oxygens (including phenoxy) is 1. The van der Waals surface area contributed by atoms with E-state index in [2.05, 4.69) is 5.32 Å². The van der Waals surface area contributed by atoms with Crippen LogP contribution in [0.1, 0.15) is 40.0 Å². The molecule has 96 valence electrons. The molecule has 1 N–H and O–H groups in total. The molecule has 0 unspecified atom stereocenters. The van der Waals surface area contributed by atoms with E-state index in [0.29, 0.717) is 19.5 Å². The van der Waals surface area contributed by atoms with Gasteiger partial charge in [0.2, 0.25) is 5.91 Å². The number of hydrogen-bond acceptors (Lipinski definition) is 3. The topological polar surface area (TPSA) is 58.6 Å². The minimum atomic E-state index is -0.448. The Labute approximate surface area is 101 Å². The van der Waals surface area contributed by atoms with Crippen LogP contribution in [0.25, 0.3) is 0 Å². The molecule has 2 fully saturated rings. The van der Waals surface area contributed by atoms with Gasteiger partial charge in [0.15, 0.2) is 0 Å². The summed E-state index contributed by atoms with van der Waals surface area (Å²) in [6, 6.07) is 0. The molecule has 0 bridgehead atoms. The van der Waals surface area contributed by atoms with E-state index in [4.69, 9.17) is 4.74 Å². The molecule has 2 aliphatic heterocycles. The standard InChI is InChI=1S/C12H20N2O3/c1-11(2,3)17-10(16)14-6-4-12(5-7-14)8-9(15)13-12/h4-8H2,1-3H3,(H,13,15). The maximum atomic E-state index is 11.8. The fraction of sp³-hybridized carbons (Fsp3) is 0.833. The molecule has 0 aromatic rings. The van der Waals surface area contributed by atoms with Gasteiger partial charge in [-0.15, -0.1) is 0 Å². The molecule has 0 atom stereocenters. The smallest absolute Gasteiger partial charge is 0.410 e. The van der Waals surface area contributed by atoms with E-state index in [1.807, 2.05) is 20.8 Å². The molecule has 2 amide bonds. The molecular formula is C12H20N2O3. The van der Waals surface area contributed by atoms with Crippen molar-refractivity contribution >= 4 is 12.0 Å². The maximum Gasteiger partial charge on any atom is 0.410 e. The van der Waals surface area contributed by atoms with Gasteiger partial charge < -0.3 is 15.0 Å². The third-order valence-corrected chi connectivity index (χ3v) is 3.28. The van der Waals surface area contributed by atoms with Gasteiger partial charge in [0.25, 0.3) is 0 Å². The van der Waals surface area contributed by atoms with Gasteiger partial charge in [-0.3, -0.25) is 4.79 Å². The van der Waals surface area contributed by atoms with E-state index in [1.54, 1.807) is 4.90 Å². The lowest BCUT2D eigenvalue weighted by Crippen LogP contribution is -2.65. The highest BCUT2D eigenvalue weighted by atomic mass is 16.6. The Balaban J connectivity index is 1.83. The Kier molecular flexibility index (Phi) is 2.79. The Morgan fingerprint density at radius 2 is 1.88 bits per heavy atom. The first-order chi connectivity index (χ1) is 7.80. The van der Waals surface area contributed by atoms with Crippen molar-refractivity contribution < 1.29 is 14.3 Å². The van der Waals surface area contributed by atoms with E-state index >= 15 is 0 Å². The molecule has 5 nitrogen and oxygen atoms in total. The average Bonchev–Trinajstić information content (AvgIpc) is 2.14. The van der Waals surface area contributed by atoms with Crippen LogP contribution in [0.3, 0.4) is 0 Å². The fourth-order valence-electron chi connectivity index (χ4n) is 2.33. The van der Waals surface area contributed by atoms with Crippen LogP contribution in [0.15, 0.2) is 0 Å². The summed E-state index contributed by atoms with van der Waals surface area (Å²) in [5.41, 5.74) is -0.480. The Bertz CT molecular complexity index is 328. The van der Waals surface area contributed by atoms with E-state index in [1.165, 1.54) is 0 Å². The monoisotopic (exact) mass is 240 g/mol. The van der Waals surface area contributed by atoms with Gasteiger partial charge in [-0.05, 0) is 33.6 Å². The number of nitrogens with one attached hydrogen (secondary N) is 1. The van der Waals surface area contributed by atoms with E-state index in [-0.39, 0.29) is 17.5 Å². The zero-order valence-electron chi connectivity index (χ0n) is 10.7. The average molecular weight is 240 g/mol. The van der Waals surface area contributed by atoms with Gasteiger partial charge in [0.05, 0.1) is 5.54 Å². The lowest BCUT2D eigenvalue weighted by atomic mass is 9.78. The van der Waals surface area contributed by atoms with Crippen molar-refractivity contribution in [2.24, 2.45) is 0 Å². The fourth-order valence-corrected chi connectivity index (χ4v) is 2.33. The minimum absolute atomic E-state index is 0.0321. The lowest BCUT2D eigenvalue weighted by Gasteiger charge is -2.47. The Hall–Kier alpha value is -1.26. The lowest BCUT2D eigenvalue weighted by molar-refractivity contribution is -0.134. The number of hydrogen-bond donors (Lipinski definition) is 1. The second-order valence-electron chi connectivity index (χ2n) is 5.97. The van der Waals surface area contributed by atoms with Gasteiger partial charge in [-0.1, -0.05) is 0 Å². The number of rotatable bonds is 0. The molecule has 2 rings (SSSR count). The van der Waals surface area contributed by atoms with Gasteiger partial charge >= 0.3 is 6.09 Å². The number of piperidine rings is 1. The molecule has 0 saturated carbocycles. The van der Waals surface area contributed by atoms with Crippen molar-refractivity contribution in [3.05, 3.63) is 0 Å². The third-order valence-electron chi connectivity index (χ3n) is 3.28. The highest BCUT2D eigenvalue weighted by Crippen LogP contribution is 2.32. The second kappa shape index (κ2) is 3.89. The first-order valence-corrected chi connectivity index (χ1v) is 6.09. The summed E-state index contributed by atoms with van der Waals surface area (Å²) < 4.78 is 5.32. The number of amides is 2. The number of carbonyl (C=O) groups excluding carboxylic acids is 2. The quantitative estimate of drug-likeness (QED) is 0.649. The predicted octanol–water partition coefficient (Wildman–Crippen LogP) is 1.28. The van der Waals surface area contributed by atoms with Crippen LogP contribution in [-0.4, -0.2) is 41.1 Å². The van der Waals surface area contributed by atoms with Gasteiger partial charge in [-0.2, -0.15) is 0 Å². The molecule has 2 aliphatic rings. The molecule has 0 aliphatic carbocycles. The molecule has 0 aromatic carbocycles. The van der Waals surface area contributed by atoms with Crippen molar-refractivity contribution in [1.29, 1.82) is 0 Å². The van der Waals surface area contributed by atoms with Gasteiger partial charge in [-0.25, -0.2) is 4.79 Å². The molecule has 17 heavy (non-hydrogen) atoms. The summed E-state index contributed by atoms with van der Waals surface area (Å²) in [4.78, 5) is 24.5. The zero-order valence-corrected chi connectivity index (χ0v) is 10.7. The van der Waals surface area contributed by atoms with Crippen LogP contribution < -0.4 is 5.32 Å². The molecule has 0 radical (unpaired) electrons. The predicted molar refractivity (Wildman–Crippen MR) is 62.5 cm³/mol. The number of carbonyl (C=O) groups is 2. The van der Waals surface area contributed by atoms with Crippen molar-refractivity contribution in [3.8, 4) is 0 Å². The first-order valence-electron chi connectivity index (χ1n) is 6.09. The third kappa shape index (κ3) is 2.70. The summed E-state index contributed by atoms with van der Waals surface area (Å²) >= 11 is 0. The SMILES string of the molecule is CC(C)(C)OC(=O)N1CCC2(CC1)CC(=O)N2. The summed E-state index contributed by atoms with van der Waals surface area (Å²) in [7, 11) is 0. The van der Waals surface area contributed by atoms with Crippen molar-refractivity contribution in [3.63, 3.8) is 0 Å². The highest BCUT2D eigenvalue weighted by molar-refractivity contribution is 5.84. The zero-order chi connectivity index (χ0) is 12.7. The van der Waals surface area contributed by atoms with Gasteiger partial charge in [0.1, 0.15) is 5.60 Å². The van der Waals surface area contributed by atoms with Crippen LogP contribution >= 0.6 is 0 Å². The molecule has 0 aromatic heterocycles. The largest absolute Gasteiger partial charge is 0.444 e. The van der Waals surface area contributed by atoms with E-state index in [9.17, 15) is 9.59 Å². The van der Waals surface area contributed by atoms with E-state index < -0.39 is 5.60 Å². The number of likely N-dealkylation sites (tertiary alicyclic amines) is 1. The normalized spacial score (nSPS) is 23.0. The van der Waals surface area contributed by atoms with Crippen molar-refractivity contribution in [1.82, 2.24) is 10.2 Å². The molecule has 5 heteroatoms.